The summed E-state index contributed by atoms with van der Waals surface area (Å²) < 4.78 is 0. The Morgan fingerprint density at radius 1 is 1.64 bits per heavy atom. The molecule has 2 rings (SSSR count). The largest absolute Gasteiger partial charge is 0.308 e. The number of rotatable bonds is 2. The van der Waals surface area contributed by atoms with E-state index < -0.39 is 6.17 Å². The molecule has 0 aromatic carbocycles. The van der Waals surface area contributed by atoms with Crippen LogP contribution in [0.5, 0.6) is 0 Å². The fourth-order valence-electron chi connectivity index (χ4n) is 1.79. The Morgan fingerprint density at radius 2 is 2.50 bits per heavy atom. The molecule has 0 radical (unpaired) electrons. The van der Waals surface area contributed by atoms with E-state index >= 15 is 0 Å². The van der Waals surface area contributed by atoms with E-state index in [1.165, 1.54) is 0 Å². The first-order valence-electron chi connectivity index (χ1n) is 4.59. The fourth-order valence-corrected chi connectivity index (χ4v) is 1.79. The summed E-state index contributed by atoms with van der Waals surface area (Å²) in [6.45, 7) is 0.747. The van der Waals surface area contributed by atoms with Gasteiger partial charge in [-0.1, -0.05) is 0 Å². The summed E-state index contributed by atoms with van der Waals surface area (Å²) in [5.74, 6) is 0. The van der Waals surface area contributed by atoms with Crippen molar-refractivity contribution < 1.29 is 4.92 Å². The second-order valence-electron chi connectivity index (χ2n) is 3.31. The highest BCUT2D eigenvalue weighted by Gasteiger charge is 2.33. The van der Waals surface area contributed by atoms with Crippen molar-refractivity contribution in [2.24, 2.45) is 0 Å². The van der Waals surface area contributed by atoms with Crippen LogP contribution in [0.4, 0.5) is 5.69 Å². The molecule has 0 bridgehead atoms. The van der Waals surface area contributed by atoms with E-state index in [2.05, 4.69) is 4.98 Å². The average Bonchev–Trinajstić information content (AvgIpc) is 2.67. The van der Waals surface area contributed by atoms with Crippen molar-refractivity contribution in [3.63, 3.8) is 0 Å². The predicted molar refractivity (Wildman–Crippen MR) is 51.6 cm³/mol. The van der Waals surface area contributed by atoms with Crippen LogP contribution in [0.3, 0.4) is 0 Å². The van der Waals surface area contributed by atoms with Crippen LogP contribution < -0.4 is 4.90 Å². The van der Waals surface area contributed by atoms with Crippen LogP contribution in [0, 0.1) is 10.1 Å². The van der Waals surface area contributed by atoms with Gasteiger partial charge in [0.25, 0.3) is 6.17 Å². The Bertz CT molecular complexity index is 328. The molecule has 1 aliphatic heterocycles. The summed E-state index contributed by atoms with van der Waals surface area (Å²) in [6.07, 6.45) is 4.27. The standard InChI is InChI=1S/C9H11N3O2/c13-12(14)9-4-2-6-11(9)8-3-1-5-10-7-8/h1,3,5,7,9H,2,4,6H2. The third kappa shape index (κ3) is 1.53. The molecule has 14 heavy (non-hydrogen) atoms. The van der Waals surface area contributed by atoms with Crippen LogP contribution in [0.2, 0.25) is 0 Å². The van der Waals surface area contributed by atoms with Crippen molar-refractivity contribution in [1.82, 2.24) is 4.98 Å². The van der Waals surface area contributed by atoms with Gasteiger partial charge < -0.3 is 4.90 Å². The number of hydrogen-bond donors (Lipinski definition) is 0. The van der Waals surface area contributed by atoms with Gasteiger partial charge in [-0.15, -0.1) is 0 Å². The highest BCUT2D eigenvalue weighted by Crippen LogP contribution is 2.24. The maximum absolute atomic E-state index is 10.7. The van der Waals surface area contributed by atoms with Crippen molar-refractivity contribution in [3.05, 3.63) is 34.6 Å². The first-order valence-corrected chi connectivity index (χ1v) is 4.59. The summed E-state index contributed by atoms with van der Waals surface area (Å²) in [5, 5.41) is 10.7. The van der Waals surface area contributed by atoms with Gasteiger partial charge in [-0.2, -0.15) is 0 Å². The van der Waals surface area contributed by atoms with Crippen molar-refractivity contribution in [3.8, 4) is 0 Å². The van der Waals surface area contributed by atoms with Crippen molar-refractivity contribution in [2.75, 3.05) is 11.4 Å². The van der Waals surface area contributed by atoms with Gasteiger partial charge in [0.1, 0.15) is 0 Å². The van der Waals surface area contributed by atoms with Crippen LogP contribution in [-0.2, 0) is 0 Å². The zero-order valence-corrected chi connectivity index (χ0v) is 7.67. The number of hydrogen-bond acceptors (Lipinski definition) is 4. The Hall–Kier alpha value is -1.65. The maximum atomic E-state index is 10.7. The predicted octanol–water partition coefficient (Wildman–Crippen LogP) is 1.28. The van der Waals surface area contributed by atoms with Crippen LogP contribution in [0.1, 0.15) is 12.8 Å². The highest BCUT2D eigenvalue weighted by molar-refractivity contribution is 5.44. The van der Waals surface area contributed by atoms with Gasteiger partial charge in [0, 0.05) is 24.1 Å². The Kier molecular flexibility index (Phi) is 2.30. The minimum Gasteiger partial charge on any atom is -0.308 e. The molecular weight excluding hydrogens is 182 g/mol. The summed E-state index contributed by atoms with van der Waals surface area (Å²) in [5.41, 5.74) is 0.840. The number of nitro groups is 1. The molecular formula is C9H11N3O2. The van der Waals surface area contributed by atoms with Gasteiger partial charge in [0.15, 0.2) is 0 Å². The molecule has 0 spiro atoms. The summed E-state index contributed by atoms with van der Waals surface area (Å²) in [4.78, 5) is 16.3. The topological polar surface area (TPSA) is 59.3 Å². The van der Waals surface area contributed by atoms with E-state index in [-0.39, 0.29) is 4.92 Å². The molecule has 1 aromatic rings. The van der Waals surface area contributed by atoms with Gasteiger partial charge in [0.05, 0.1) is 11.9 Å². The quantitative estimate of drug-likeness (QED) is 0.524. The monoisotopic (exact) mass is 193 g/mol. The molecule has 1 saturated heterocycles. The first-order chi connectivity index (χ1) is 6.79. The molecule has 1 aromatic heterocycles. The zero-order chi connectivity index (χ0) is 9.97. The minimum absolute atomic E-state index is 0.222. The van der Waals surface area contributed by atoms with Gasteiger partial charge in [-0.3, -0.25) is 15.1 Å². The van der Waals surface area contributed by atoms with Crippen LogP contribution in [0.15, 0.2) is 24.5 Å². The normalized spacial score (nSPS) is 21.1. The Morgan fingerprint density at radius 3 is 3.14 bits per heavy atom. The lowest BCUT2D eigenvalue weighted by Crippen LogP contribution is -2.35. The van der Waals surface area contributed by atoms with E-state index in [4.69, 9.17) is 0 Å². The van der Waals surface area contributed by atoms with E-state index in [9.17, 15) is 10.1 Å². The minimum atomic E-state index is -0.570. The smallest absolute Gasteiger partial charge is 0.287 e. The zero-order valence-electron chi connectivity index (χ0n) is 7.67. The summed E-state index contributed by atoms with van der Waals surface area (Å²) in [7, 11) is 0. The lowest BCUT2D eigenvalue weighted by molar-refractivity contribution is -0.519. The molecule has 1 unspecified atom stereocenters. The molecule has 2 heterocycles. The second kappa shape index (κ2) is 3.61. The van der Waals surface area contributed by atoms with Crippen molar-refractivity contribution in [1.29, 1.82) is 0 Å². The molecule has 5 nitrogen and oxygen atoms in total. The van der Waals surface area contributed by atoms with Crippen molar-refractivity contribution >= 4 is 5.69 Å². The van der Waals surface area contributed by atoms with Gasteiger partial charge >= 0.3 is 0 Å². The SMILES string of the molecule is O=[N+]([O-])C1CCCN1c1cccnc1. The summed E-state index contributed by atoms with van der Waals surface area (Å²) in [6, 6.07) is 3.65. The van der Waals surface area contributed by atoms with Gasteiger partial charge in [-0.05, 0) is 18.6 Å². The van der Waals surface area contributed by atoms with Crippen LogP contribution >= 0.6 is 0 Å². The number of aromatic nitrogens is 1. The number of anilines is 1. The summed E-state index contributed by atoms with van der Waals surface area (Å²) >= 11 is 0. The molecule has 0 saturated carbocycles. The van der Waals surface area contributed by atoms with Gasteiger partial charge in [-0.25, -0.2) is 0 Å². The maximum Gasteiger partial charge on any atom is 0.287 e. The first kappa shape index (κ1) is 8.93. The fraction of sp³-hybridized carbons (Fsp3) is 0.444. The lowest BCUT2D eigenvalue weighted by Gasteiger charge is -2.19. The Balaban J connectivity index is 2.22. The lowest BCUT2D eigenvalue weighted by atomic mass is 10.3. The molecule has 0 N–H and O–H groups in total. The third-order valence-electron chi connectivity index (χ3n) is 2.44. The molecule has 0 amide bonds. The van der Waals surface area contributed by atoms with E-state index in [0.717, 1.165) is 18.7 Å². The molecule has 1 atom stereocenters. The molecule has 74 valence electrons. The van der Waals surface area contributed by atoms with Crippen LogP contribution in [-0.4, -0.2) is 22.6 Å². The molecule has 1 fully saturated rings. The second-order valence-corrected chi connectivity index (χ2v) is 3.31. The Labute approximate surface area is 81.5 Å². The number of pyridine rings is 1. The molecule has 0 aliphatic carbocycles. The average molecular weight is 193 g/mol. The van der Waals surface area contributed by atoms with E-state index in [1.54, 1.807) is 23.4 Å². The van der Waals surface area contributed by atoms with E-state index in [0.29, 0.717) is 6.42 Å². The number of nitrogens with zero attached hydrogens (tertiary/aromatic N) is 3. The molecule has 1 aliphatic rings. The van der Waals surface area contributed by atoms with Crippen LogP contribution in [0.25, 0.3) is 0 Å². The van der Waals surface area contributed by atoms with Crippen molar-refractivity contribution in [2.45, 2.75) is 19.0 Å². The van der Waals surface area contributed by atoms with Gasteiger partial charge in [0.2, 0.25) is 0 Å². The molecule has 5 heteroatoms. The third-order valence-corrected chi connectivity index (χ3v) is 2.44. The van der Waals surface area contributed by atoms with E-state index in [1.807, 2.05) is 6.07 Å². The highest BCUT2D eigenvalue weighted by atomic mass is 16.6.